The number of hydrogen-bond donors (Lipinski definition) is 0. The minimum Gasteiger partial charge on any atom is -0.435 e. The van der Waals surface area contributed by atoms with E-state index in [1.165, 1.54) is 48.0 Å². The molecule has 0 aliphatic carbocycles. The van der Waals surface area contributed by atoms with Gasteiger partial charge >= 0.3 is 0 Å². The standard InChI is InChI=1S/C55H40N2OS/c1-55(2,3)41-28-24-35(25-29-41)39-14-9-16-42(32-39)57(43-17-10-15-40(33-43)45-19-11-21-50-52(45)46-18-7-8-20-49(46)59-50)44-30-26-36-22-23-37-27-31-48-53(51(37)47(36)34-44)58-54(56-48)38-12-5-4-6-13-38/h4-34H,1-3H3. The Kier molecular flexibility index (Phi) is 8.25. The molecule has 0 amide bonds. The monoisotopic (exact) mass is 776 g/mol. The van der Waals surface area contributed by atoms with Gasteiger partial charge in [0, 0.05) is 48.2 Å². The lowest BCUT2D eigenvalue weighted by Crippen LogP contribution is -2.11. The van der Waals surface area contributed by atoms with Gasteiger partial charge in [0.15, 0.2) is 5.58 Å². The second-order valence-electron chi connectivity index (χ2n) is 16.4. The fraction of sp³-hybridized carbons (Fsp3) is 0.0727. The van der Waals surface area contributed by atoms with Crippen LogP contribution in [0.5, 0.6) is 0 Å². The third-order valence-corrected chi connectivity index (χ3v) is 12.8. The molecular formula is C55H40N2OS. The van der Waals surface area contributed by atoms with E-state index in [9.17, 15) is 0 Å². The fourth-order valence-corrected chi connectivity index (χ4v) is 9.75. The van der Waals surface area contributed by atoms with E-state index < -0.39 is 0 Å². The van der Waals surface area contributed by atoms with Crippen LogP contribution in [-0.4, -0.2) is 4.98 Å². The average molecular weight is 777 g/mol. The van der Waals surface area contributed by atoms with Crippen molar-refractivity contribution in [3.05, 3.63) is 194 Å². The molecule has 0 atom stereocenters. The number of thiophene rings is 1. The fourth-order valence-electron chi connectivity index (χ4n) is 8.61. The van der Waals surface area contributed by atoms with Crippen LogP contribution in [0.3, 0.4) is 0 Å². The van der Waals surface area contributed by atoms with E-state index in [4.69, 9.17) is 9.40 Å². The van der Waals surface area contributed by atoms with E-state index in [2.05, 4.69) is 183 Å². The van der Waals surface area contributed by atoms with E-state index in [1.807, 2.05) is 41.7 Å². The van der Waals surface area contributed by atoms with E-state index in [-0.39, 0.29) is 5.41 Å². The topological polar surface area (TPSA) is 29.3 Å². The maximum absolute atomic E-state index is 6.64. The molecule has 0 N–H and O–H groups in total. The van der Waals surface area contributed by atoms with Crippen molar-refractivity contribution in [2.45, 2.75) is 26.2 Å². The minimum atomic E-state index is 0.0858. The van der Waals surface area contributed by atoms with Crippen LogP contribution in [-0.2, 0) is 5.41 Å². The molecule has 3 nitrogen and oxygen atoms in total. The van der Waals surface area contributed by atoms with Crippen molar-refractivity contribution >= 4 is 81.2 Å². The Morgan fingerprint density at radius 1 is 0.475 bits per heavy atom. The van der Waals surface area contributed by atoms with Crippen molar-refractivity contribution in [2.75, 3.05) is 4.90 Å². The molecule has 0 spiro atoms. The maximum atomic E-state index is 6.64. The van der Waals surface area contributed by atoms with Crippen LogP contribution in [0.1, 0.15) is 26.3 Å². The number of anilines is 3. The molecule has 0 saturated heterocycles. The van der Waals surface area contributed by atoms with Crippen LogP contribution in [0.4, 0.5) is 17.1 Å². The number of fused-ring (bicyclic) bond motifs is 8. The SMILES string of the molecule is CC(C)(C)c1ccc(-c2cccc(N(c3cccc(-c4cccc5sc6ccccc6c45)c3)c3ccc4ccc5ccc6nc(-c7ccccc7)oc6c5c4c3)c2)cc1. The molecule has 4 heteroatoms. The average Bonchev–Trinajstić information content (AvgIpc) is 3.89. The van der Waals surface area contributed by atoms with Crippen LogP contribution in [0.2, 0.25) is 0 Å². The summed E-state index contributed by atoms with van der Waals surface area (Å²) < 4.78 is 9.24. The molecule has 0 bridgehead atoms. The van der Waals surface area contributed by atoms with E-state index in [0.29, 0.717) is 5.89 Å². The van der Waals surface area contributed by atoms with Crippen molar-refractivity contribution in [2.24, 2.45) is 0 Å². The Morgan fingerprint density at radius 2 is 1.12 bits per heavy atom. The second kappa shape index (κ2) is 13.8. The first kappa shape index (κ1) is 35.2. The predicted molar refractivity (Wildman–Crippen MR) is 252 cm³/mol. The van der Waals surface area contributed by atoms with Gasteiger partial charge in [0.2, 0.25) is 5.89 Å². The Balaban J connectivity index is 1.12. The highest BCUT2D eigenvalue weighted by Gasteiger charge is 2.20. The molecule has 0 fully saturated rings. The summed E-state index contributed by atoms with van der Waals surface area (Å²) >= 11 is 1.86. The Hall–Kier alpha value is -7.01. The van der Waals surface area contributed by atoms with Gasteiger partial charge in [-0.15, -0.1) is 11.3 Å². The number of rotatable bonds is 6. The molecule has 11 aromatic rings. The van der Waals surface area contributed by atoms with Crippen molar-refractivity contribution in [1.82, 2.24) is 4.98 Å². The van der Waals surface area contributed by atoms with Crippen LogP contribution in [0.25, 0.3) is 86.5 Å². The number of nitrogens with zero attached hydrogens (tertiary/aromatic N) is 2. The third-order valence-electron chi connectivity index (χ3n) is 11.6. The van der Waals surface area contributed by atoms with Crippen LogP contribution < -0.4 is 4.90 Å². The summed E-state index contributed by atoms with van der Waals surface area (Å²) in [6.07, 6.45) is 0. The summed E-state index contributed by atoms with van der Waals surface area (Å²) in [6.45, 7) is 6.79. The lowest BCUT2D eigenvalue weighted by atomic mass is 9.86. The zero-order valence-corrected chi connectivity index (χ0v) is 33.9. The first-order chi connectivity index (χ1) is 28.9. The molecule has 0 aliphatic heterocycles. The van der Waals surface area contributed by atoms with Crippen molar-refractivity contribution in [1.29, 1.82) is 0 Å². The van der Waals surface area contributed by atoms with Gasteiger partial charge in [-0.1, -0.05) is 142 Å². The quantitative estimate of drug-likeness (QED) is 0.158. The third kappa shape index (κ3) is 6.16. The largest absolute Gasteiger partial charge is 0.435 e. The molecule has 9 aromatic carbocycles. The Labute approximate surface area is 347 Å². The van der Waals surface area contributed by atoms with Crippen LogP contribution in [0, 0.1) is 0 Å². The zero-order chi connectivity index (χ0) is 39.7. The zero-order valence-electron chi connectivity index (χ0n) is 33.1. The van der Waals surface area contributed by atoms with Crippen molar-refractivity contribution < 1.29 is 4.42 Å². The first-order valence-corrected chi connectivity index (χ1v) is 21.0. The number of oxazole rings is 1. The highest BCUT2D eigenvalue weighted by atomic mass is 32.1. The van der Waals surface area contributed by atoms with E-state index >= 15 is 0 Å². The van der Waals surface area contributed by atoms with Gasteiger partial charge < -0.3 is 9.32 Å². The van der Waals surface area contributed by atoms with Crippen molar-refractivity contribution in [3.63, 3.8) is 0 Å². The molecule has 2 aromatic heterocycles. The number of benzene rings is 9. The summed E-state index contributed by atoms with van der Waals surface area (Å²) in [5, 5.41) is 7.04. The number of hydrogen-bond acceptors (Lipinski definition) is 4. The predicted octanol–water partition coefficient (Wildman–Crippen LogP) is 16.3. The van der Waals surface area contributed by atoms with Crippen molar-refractivity contribution in [3.8, 4) is 33.7 Å². The summed E-state index contributed by atoms with van der Waals surface area (Å²) in [6, 6.07) is 68.0. The molecule has 2 heterocycles. The van der Waals surface area contributed by atoms with E-state index in [1.54, 1.807) is 0 Å². The summed E-state index contributed by atoms with van der Waals surface area (Å²) in [5.41, 5.74) is 12.0. The maximum Gasteiger partial charge on any atom is 0.227 e. The van der Waals surface area contributed by atoms with Gasteiger partial charge in [-0.25, -0.2) is 4.98 Å². The van der Waals surface area contributed by atoms with Gasteiger partial charge in [-0.2, -0.15) is 0 Å². The first-order valence-electron chi connectivity index (χ1n) is 20.2. The summed E-state index contributed by atoms with van der Waals surface area (Å²) in [5.74, 6) is 0.625. The lowest BCUT2D eigenvalue weighted by Gasteiger charge is -2.27. The molecule has 0 unspecified atom stereocenters. The molecule has 11 rings (SSSR count). The summed E-state index contributed by atoms with van der Waals surface area (Å²) in [4.78, 5) is 7.35. The molecule has 0 aliphatic rings. The smallest absolute Gasteiger partial charge is 0.227 e. The molecule has 0 radical (unpaired) electrons. The van der Waals surface area contributed by atoms with Gasteiger partial charge in [-0.3, -0.25) is 0 Å². The molecule has 59 heavy (non-hydrogen) atoms. The Morgan fingerprint density at radius 3 is 1.93 bits per heavy atom. The van der Waals surface area contributed by atoms with E-state index in [0.717, 1.165) is 55.3 Å². The lowest BCUT2D eigenvalue weighted by molar-refractivity contribution is 0.590. The van der Waals surface area contributed by atoms with Gasteiger partial charge in [0.05, 0.1) is 0 Å². The highest BCUT2D eigenvalue weighted by Crippen LogP contribution is 2.44. The number of aromatic nitrogens is 1. The molecule has 282 valence electrons. The molecule has 0 saturated carbocycles. The Bertz CT molecular complexity index is 3370. The van der Waals surface area contributed by atoms with Crippen LogP contribution >= 0.6 is 11.3 Å². The molecular weight excluding hydrogens is 737 g/mol. The minimum absolute atomic E-state index is 0.0858. The normalized spacial score (nSPS) is 12.0. The van der Waals surface area contributed by atoms with Gasteiger partial charge in [-0.05, 0) is 116 Å². The van der Waals surface area contributed by atoms with Gasteiger partial charge in [0.1, 0.15) is 5.52 Å². The second-order valence-corrected chi connectivity index (χ2v) is 17.5. The van der Waals surface area contributed by atoms with Gasteiger partial charge in [0.25, 0.3) is 0 Å². The van der Waals surface area contributed by atoms with Crippen LogP contribution in [0.15, 0.2) is 192 Å². The summed E-state index contributed by atoms with van der Waals surface area (Å²) in [7, 11) is 0. The highest BCUT2D eigenvalue weighted by molar-refractivity contribution is 7.25.